The summed E-state index contributed by atoms with van der Waals surface area (Å²) < 4.78 is 4.94. The molecule has 0 spiro atoms. The van der Waals surface area contributed by atoms with E-state index in [1.807, 2.05) is 18.2 Å². The third-order valence-electron chi connectivity index (χ3n) is 2.30. The molecule has 0 unspecified atom stereocenters. The van der Waals surface area contributed by atoms with Crippen LogP contribution >= 0.6 is 0 Å². The smallest absolute Gasteiger partial charge is 0.334 e. The molecule has 0 aromatic heterocycles. The van der Waals surface area contributed by atoms with E-state index in [9.17, 15) is 4.79 Å². The number of carbonyl (C=O) groups is 1. The quantitative estimate of drug-likeness (QED) is 0.661. The molecule has 4 heteroatoms. The van der Waals surface area contributed by atoms with Crippen LogP contribution in [0.2, 0.25) is 0 Å². The topological polar surface area (TPSA) is 51.0 Å². The first kappa shape index (κ1) is 10.5. The fourth-order valence-electron chi connectivity index (χ4n) is 1.53. The van der Waals surface area contributed by atoms with E-state index < -0.39 is 0 Å². The summed E-state index contributed by atoms with van der Waals surface area (Å²) in [7, 11) is 0. The molecule has 16 heavy (non-hydrogen) atoms. The Balaban J connectivity index is 2.23. The van der Waals surface area contributed by atoms with Gasteiger partial charge in [-0.15, -0.1) is 0 Å². The lowest BCUT2D eigenvalue weighted by Gasteiger charge is -2.12. The Labute approximate surface area is 93.7 Å². The summed E-state index contributed by atoms with van der Waals surface area (Å²) in [5.41, 5.74) is 2.41. The van der Waals surface area contributed by atoms with Gasteiger partial charge in [-0.2, -0.15) is 10.2 Å². The first-order valence-corrected chi connectivity index (χ1v) is 5.16. The fourth-order valence-corrected chi connectivity index (χ4v) is 1.53. The first-order chi connectivity index (χ1) is 7.81. The molecule has 0 fully saturated rings. The highest BCUT2D eigenvalue weighted by atomic mass is 16.5. The summed E-state index contributed by atoms with van der Waals surface area (Å²) in [6.07, 6.45) is 9.49. The van der Waals surface area contributed by atoms with Crippen molar-refractivity contribution < 1.29 is 9.53 Å². The zero-order chi connectivity index (χ0) is 11.4. The van der Waals surface area contributed by atoms with Gasteiger partial charge in [0, 0.05) is 18.2 Å². The van der Waals surface area contributed by atoms with Crippen molar-refractivity contribution in [2.24, 2.45) is 10.2 Å². The van der Waals surface area contributed by atoms with Crippen molar-refractivity contribution >= 4 is 17.9 Å². The zero-order valence-corrected chi connectivity index (χ0v) is 9.01. The fraction of sp³-hybridized carbons (Fsp3) is 0.250. The van der Waals surface area contributed by atoms with Crippen molar-refractivity contribution in [2.45, 2.75) is 13.3 Å². The van der Waals surface area contributed by atoms with Crippen molar-refractivity contribution in [3.63, 3.8) is 0 Å². The molecule has 0 radical (unpaired) electrons. The normalized spacial score (nSPS) is 17.9. The number of esters is 1. The Morgan fingerprint density at radius 1 is 1.50 bits per heavy atom. The van der Waals surface area contributed by atoms with Crippen LogP contribution in [0.25, 0.3) is 0 Å². The maximum absolute atomic E-state index is 11.5. The van der Waals surface area contributed by atoms with Crippen LogP contribution in [0.3, 0.4) is 0 Å². The molecule has 0 N–H and O–H groups in total. The molecule has 0 atom stereocenters. The Morgan fingerprint density at radius 3 is 3.19 bits per heavy atom. The number of hydrogen-bond donors (Lipinski definition) is 0. The van der Waals surface area contributed by atoms with E-state index in [4.69, 9.17) is 4.74 Å². The van der Waals surface area contributed by atoms with Crippen LogP contribution in [0.1, 0.15) is 13.3 Å². The molecule has 0 bridgehead atoms. The van der Waals surface area contributed by atoms with E-state index in [0.717, 1.165) is 11.3 Å². The molecular formula is C12H12N2O2. The molecule has 0 saturated heterocycles. The minimum Gasteiger partial charge on any atom is -0.463 e. The third-order valence-corrected chi connectivity index (χ3v) is 2.30. The number of rotatable bonds is 2. The Bertz CT molecular complexity index is 454. The second-order valence-corrected chi connectivity index (χ2v) is 3.38. The molecule has 0 saturated carbocycles. The maximum Gasteiger partial charge on any atom is 0.334 e. The van der Waals surface area contributed by atoms with Gasteiger partial charge in [0.1, 0.15) is 0 Å². The van der Waals surface area contributed by atoms with Gasteiger partial charge in [0.15, 0.2) is 0 Å². The summed E-state index contributed by atoms with van der Waals surface area (Å²) in [6, 6.07) is 0. The highest BCUT2D eigenvalue weighted by molar-refractivity contribution is 6.10. The predicted molar refractivity (Wildman–Crippen MR) is 62.5 cm³/mol. The highest BCUT2D eigenvalue weighted by Crippen LogP contribution is 2.19. The van der Waals surface area contributed by atoms with Gasteiger partial charge in [-0.1, -0.05) is 18.2 Å². The number of allylic oxidation sites excluding steroid dienone is 5. The number of ether oxygens (including phenoxy) is 1. The molecule has 0 aromatic rings. The van der Waals surface area contributed by atoms with Crippen molar-refractivity contribution in [1.82, 2.24) is 0 Å². The summed E-state index contributed by atoms with van der Waals surface area (Å²) in [5.74, 6) is -0.280. The van der Waals surface area contributed by atoms with Crippen LogP contribution in [0.4, 0.5) is 0 Å². The molecule has 2 aliphatic rings. The highest BCUT2D eigenvalue weighted by Gasteiger charge is 2.18. The van der Waals surface area contributed by atoms with Crippen LogP contribution in [-0.2, 0) is 9.53 Å². The number of nitrogens with zero attached hydrogens (tertiary/aromatic N) is 2. The van der Waals surface area contributed by atoms with Crippen molar-refractivity contribution in [1.29, 1.82) is 0 Å². The molecule has 1 heterocycles. The molecule has 1 aliphatic carbocycles. The molecular weight excluding hydrogens is 204 g/mol. The molecule has 0 amide bonds. The van der Waals surface area contributed by atoms with E-state index in [1.165, 1.54) is 0 Å². The standard InChI is InChI=1S/C12H12N2O2/c1-2-16-12(15)10-6-5-9-4-3-7-13-14-11(9)8-10/h3-7H,2,8H2,1H3. The van der Waals surface area contributed by atoms with E-state index in [0.29, 0.717) is 18.6 Å². The average molecular weight is 216 g/mol. The maximum atomic E-state index is 11.5. The van der Waals surface area contributed by atoms with Gasteiger partial charge in [-0.3, -0.25) is 0 Å². The van der Waals surface area contributed by atoms with Crippen molar-refractivity contribution in [3.05, 3.63) is 35.5 Å². The minimum atomic E-state index is -0.280. The summed E-state index contributed by atoms with van der Waals surface area (Å²) in [4.78, 5) is 11.5. The Hall–Kier alpha value is -1.97. The van der Waals surface area contributed by atoms with Crippen LogP contribution in [0, 0.1) is 0 Å². The van der Waals surface area contributed by atoms with Gasteiger partial charge in [-0.05, 0) is 18.6 Å². The number of fused-ring (bicyclic) bond motifs is 1. The second kappa shape index (κ2) is 4.70. The SMILES string of the molecule is CCOC(=O)C1=CC=C2C=CC=NN=C2C1. The lowest BCUT2D eigenvalue weighted by atomic mass is 9.96. The molecule has 82 valence electrons. The monoisotopic (exact) mass is 216 g/mol. The lowest BCUT2D eigenvalue weighted by Crippen LogP contribution is -2.15. The predicted octanol–water partition coefficient (Wildman–Crippen LogP) is 1.80. The largest absolute Gasteiger partial charge is 0.463 e. The number of hydrogen-bond acceptors (Lipinski definition) is 4. The first-order valence-electron chi connectivity index (χ1n) is 5.16. The lowest BCUT2D eigenvalue weighted by molar-refractivity contribution is -0.138. The summed E-state index contributed by atoms with van der Waals surface area (Å²) >= 11 is 0. The second-order valence-electron chi connectivity index (χ2n) is 3.38. The van der Waals surface area contributed by atoms with Gasteiger partial charge in [-0.25, -0.2) is 4.79 Å². The van der Waals surface area contributed by atoms with Gasteiger partial charge < -0.3 is 4.74 Å². The molecule has 0 aromatic carbocycles. The van der Waals surface area contributed by atoms with E-state index in [-0.39, 0.29) is 5.97 Å². The van der Waals surface area contributed by atoms with E-state index in [2.05, 4.69) is 10.2 Å². The Morgan fingerprint density at radius 2 is 2.38 bits per heavy atom. The average Bonchev–Trinajstić information content (AvgIpc) is 2.53. The van der Waals surface area contributed by atoms with Crippen LogP contribution in [0.15, 0.2) is 45.7 Å². The van der Waals surface area contributed by atoms with Gasteiger partial charge in [0.25, 0.3) is 0 Å². The number of carbonyl (C=O) groups excluding carboxylic acids is 1. The molecule has 2 rings (SSSR count). The van der Waals surface area contributed by atoms with Crippen LogP contribution in [-0.4, -0.2) is 24.5 Å². The van der Waals surface area contributed by atoms with Crippen LogP contribution in [0.5, 0.6) is 0 Å². The van der Waals surface area contributed by atoms with E-state index >= 15 is 0 Å². The van der Waals surface area contributed by atoms with Gasteiger partial charge in [0.05, 0.1) is 12.3 Å². The van der Waals surface area contributed by atoms with Gasteiger partial charge >= 0.3 is 5.97 Å². The Kier molecular flexibility index (Phi) is 3.10. The van der Waals surface area contributed by atoms with E-state index in [1.54, 1.807) is 19.2 Å². The van der Waals surface area contributed by atoms with Gasteiger partial charge in [0.2, 0.25) is 0 Å². The zero-order valence-electron chi connectivity index (χ0n) is 9.01. The summed E-state index contributed by atoms with van der Waals surface area (Å²) in [5, 5.41) is 7.90. The third kappa shape index (κ3) is 2.16. The van der Waals surface area contributed by atoms with Crippen LogP contribution < -0.4 is 0 Å². The van der Waals surface area contributed by atoms with Crippen molar-refractivity contribution in [3.8, 4) is 0 Å². The minimum absolute atomic E-state index is 0.280. The van der Waals surface area contributed by atoms with Crippen molar-refractivity contribution in [2.75, 3.05) is 6.61 Å². The molecule has 1 aliphatic heterocycles. The molecule has 4 nitrogen and oxygen atoms in total. The summed E-state index contributed by atoms with van der Waals surface area (Å²) in [6.45, 7) is 2.18.